The van der Waals surface area contributed by atoms with Gasteiger partial charge in [0.05, 0.1) is 41.2 Å². The van der Waals surface area contributed by atoms with E-state index in [4.69, 9.17) is 5.10 Å². The molecule has 2 amide bonds. The second kappa shape index (κ2) is 9.83. The average molecular weight is 515 g/mol. The SMILES string of the molecule is C[C@H]1CC[C@H](c2ccc3cn([C@H]4CCN(C)C[C@H]4C)nc3c2)N(C(=O)C(=O)Nc2cncc3cn[nH]c23)C1. The van der Waals surface area contributed by atoms with Crippen molar-refractivity contribution in [3.8, 4) is 0 Å². The standard InChI is InChI=1S/C28H34N8O2/c1-17-4-7-25(35(14-17)28(38)27(37)31-23-13-29-11-21-12-30-32-26(21)23)19-5-6-20-16-36(33-22(20)10-19)24-8-9-34(3)15-18(24)2/h5-6,10-13,16-18,24-25H,4,7-9,14-15H2,1-3H3,(H,30,32)(H,31,37)/t17-,18+,24-,25+/m0/s1. The zero-order chi connectivity index (χ0) is 26.4. The van der Waals surface area contributed by atoms with Crippen molar-refractivity contribution in [1.29, 1.82) is 0 Å². The van der Waals surface area contributed by atoms with Crippen LogP contribution in [0, 0.1) is 11.8 Å². The zero-order valence-corrected chi connectivity index (χ0v) is 22.1. The van der Waals surface area contributed by atoms with Crippen molar-refractivity contribution in [3.05, 3.63) is 48.5 Å². The van der Waals surface area contributed by atoms with E-state index in [2.05, 4.69) is 75.4 Å². The summed E-state index contributed by atoms with van der Waals surface area (Å²) in [6, 6.07) is 6.48. The molecule has 0 saturated carbocycles. The summed E-state index contributed by atoms with van der Waals surface area (Å²) in [7, 11) is 2.17. The van der Waals surface area contributed by atoms with E-state index < -0.39 is 11.8 Å². The Morgan fingerprint density at radius 2 is 1.92 bits per heavy atom. The third-order valence-corrected chi connectivity index (χ3v) is 8.21. The maximum atomic E-state index is 13.5. The molecule has 0 unspecified atom stereocenters. The van der Waals surface area contributed by atoms with Crippen LogP contribution in [0.25, 0.3) is 21.8 Å². The van der Waals surface area contributed by atoms with Crippen LogP contribution < -0.4 is 5.32 Å². The monoisotopic (exact) mass is 514 g/mol. The summed E-state index contributed by atoms with van der Waals surface area (Å²) >= 11 is 0. The van der Waals surface area contributed by atoms with Gasteiger partial charge < -0.3 is 15.1 Å². The summed E-state index contributed by atoms with van der Waals surface area (Å²) in [6.45, 7) is 7.08. The normalized spacial score (nSPS) is 24.7. The highest BCUT2D eigenvalue weighted by atomic mass is 16.2. The predicted molar refractivity (Wildman–Crippen MR) is 145 cm³/mol. The summed E-state index contributed by atoms with van der Waals surface area (Å²) in [5.41, 5.74) is 3.03. The highest BCUT2D eigenvalue weighted by Crippen LogP contribution is 2.35. The molecule has 4 atom stereocenters. The summed E-state index contributed by atoms with van der Waals surface area (Å²) in [5, 5.41) is 16.4. The molecule has 0 radical (unpaired) electrons. The number of aromatic amines is 1. The highest BCUT2D eigenvalue weighted by molar-refractivity contribution is 6.40. The van der Waals surface area contributed by atoms with Crippen LogP contribution in [0.1, 0.15) is 50.8 Å². The molecule has 38 heavy (non-hydrogen) atoms. The van der Waals surface area contributed by atoms with Crippen molar-refractivity contribution in [1.82, 2.24) is 34.8 Å². The molecule has 4 aromatic rings. The maximum Gasteiger partial charge on any atom is 0.314 e. The van der Waals surface area contributed by atoms with Crippen molar-refractivity contribution in [3.63, 3.8) is 0 Å². The van der Waals surface area contributed by atoms with E-state index in [1.54, 1.807) is 17.3 Å². The van der Waals surface area contributed by atoms with Gasteiger partial charge in [0.2, 0.25) is 0 Å². The number of likely N-dealkylation sites (tertiary alicyclic amines) is 2. The Hall–Kier alpha value is -3.79. The number of fused-ring (bicyclic) bond motifs is 2. The number of nitrogens with zero attached hydrogens (tertiary/aromatic N) is 6. The molecule has 198 valence electrons. The first kappa shape index (κ1) is 24.5. The molecular formula is C28H34N8O2. The number of rotatable bonds is 3. The van der Waals surface area contributed by atoms with Crippen molar-refractivity contribution in [2.45, 2.75) is 45.2 Å². The minimum Gasteiger partial charge on any atom is -0.327 e. The van der Waals surface area contributed by atoms with Crippen LogP contribution in [-0.4, -0.2) is 73.3 Å². The lowest BCUT2D eigenvalue weighted by atomic mass is 9.89. The first-order valence-electron chi connectivity index (χ1n) is 13.4. The van der Waals surface area contributed by atoms with Gasteiger partial charge in [-0.1, -0.05) is 26.0 Å². The van der Waals surface area contributed by atoms with Crippen LogP contribution >= 0.6 is 0 Å². The molecule has 3 aromatic heterocycles. The molecule has 5 heterocycles. The van der Waals surface area contributed by atoms with E-state index >= 15 is 0 Å². The molecule has 10 heteroatoms. The number of carbonyl (C=O) groups is 2. The molecular weight excluding hydrogens is 480 g/mol. The van der Waals surface area contributed by atoms with Crippen LogP contribution in [0.3, 0.4) is 0 Å². The van der Waals surface area contributed by atoms with Gasteiger partial charge in [-0.25, -0.2) is 0 Å². The van der Waals surface area contributed by atoms with Crippen LogP contribution in [0.4, 0.5) is 5.69 Å². The summed E-state index contributed by atoms with van der Waals surface area (Å²) in [5.74, 6) is -0.371. The average Bonchev–Trinajstić information content (AvgIpc) is 3.55. The predicted octanol–water partition coefficient (Wildman–Crippen LogP) is 3.76. The molecule has 0 aliphatic carbocycles. The largest absolute Gasteiger partial charge is 0.327 e. The summed E-state index contributed by atoms with van der Waals surface area (Å²) < 4.78 is 2.13. The first-order valence-corrected chi connectivity index (χ1v) is 13.4. The van der Waals surface area contributed by atoms with E-state index in [1.165, 1.54) is 6.20 Å². The summed E-state index contributed by atoms with van der Waals surface area (Å²) in [4.78, 5) is 34.9. The highest BCUT2D eigenvalue weighted by Gasteiger charge is 2.35. The molecule has 0 bridgehead atoms. The lowest BCUT2D eigenvalue weighted by molar-refractivity contribution is -0.146. The minimum atomic E-state index is -0.672. The van der Waals surface area contributed by atoms with Gasteiger partial charge in [-0.3, -0.25) is 24.4 Å². The smallest absolute Gasteiger partial charge is 0.314 e. The van der Waals surface area contributed by atoms with E-state index in [1.807, 2.05) is 0 Å². The van der Waals surface area contributed by atoms with Crippen LogP contribution in [-0.2, 0) is 9.59 Å². The number of aromatic nitrogens is 5. The number of anilines is 1. The molecule has 2 aliphatic heterocycles. The van der Waals surface area contributed by atoms with Crippen LogP contribution in [0.2, 0.25) is 0 Å². The quantitative estimate of drug-likeness (QED) is 0.403. The van der Waals surface area contributed by atoms with Gasteiger partial charge in [-0.2, -0.15) is 10.2 Å². The van der Waals surface area contributed by atoms with Crippen LogP contribution in [0.5, 0.6) is 0 Å². The molecule has 10 nitrogen and oxygen atoms in total. The number of nitrogens with one attached hydrogen (secondary N) is 2. The number of amides is 2. The number of benzene rings is 1. The third kappa shape index (κ3) is 4.53. The molecule has 2 fully saturated rings. The van der Waals surface area contributed by atoms with Crippen molar-refractivity contribution in [2.75, 3.05) is 32.0 Å². The topological polar surface area (TPSA) is 112 Å². The van der Waals surface area contributed by atoms with Gasteiger partial charge >= 0.3 is 11.8 Å². The fourth-order valence-corrected chi connectivity index (χ4v) is 6.15. The van der Waals surface area contributed by atoms with E-state index in [9.17, 15) is 9.59 Å². The second-order valence-electron chi connectivity index (χ2n) is 11.2. The van der Waals surface area contributed by atoms with Crippen LogP contribution in [0.15, 0.2) is 43.0 Å². The Morgan fingerprint density at radius 1 is 1.05 bits per heavy atom. The van der Waals surface area contributed by atoms with Crippen molar-refractivity contribution in [2.24, 2.45) is 11.8 Å². The third-order valence-electron chi connectivity index (χ3n) is 8.21. The zero-order valence-electron chi connectivity index (χ0n) is 22.1. The van der Waals surface area contributed by atoms with Gasteiger partial charge in [0, 0.05) is 36.3 Å². The lowest BCUT2D eigenvalue weighted by Gasteiger charge is -2.38. The van der Waals surface area contributed by atoms with Gasteiger partial charge in [0.1, 0.15) is 0 Å². The fourth-order valence-electron chi connectivity index (χ4n) is 6.15. The van der Waals surface area contributed by atoms with E-state index in [0.717, 1.165) is 54.2 Å². The number of piperidine rings is 2. The Labute approximate surface area is 221 Å². The Bertz CT molecular complexity index is 1490. The number of pyridine rings is 1. The van der Waals surface area contributed by atoms with Gasteiger partial charge in [-0.05, 0) is 56.3 Å². The molecule has 0 spiro atoms. The van der Waals surface area contributed by atoms with Gasteiger partial charge in [0.25, 0.3) is 0 Å². The minimum absolute atomic E-state index is 0.178. The lowest BCUT2D eigenvalue weighted by Crippen LogP contribution is -2.46. The van der Waals surface area contributed by atoms with E-state index in [-0.39, 0.29) is 6.04 Å². The number of H-pyrrole nitrogens is 1. The molecule has 6 rings (SSSR count). The van der Waals surface area contributed by atoms with Gasteiger partial charge in [-0.15, -0.1) is 0 Å². The number of carbonyl (C=O) groups excluding carboxylic acids is 2. The summed E-state index contributed by atoms with van der Waals surface area (Å²) in [6.07, 6.45) is 9.84. The Kier molecular flexibility index (Phi) is 6.35. The molecule has 1 aromatic carbocycles. The first-order chi connectivity index (χ1) is 18.4. The molecule has 2 saturated heterocycles. The van der Waals surface area contributed by atoms with Crippen molar-refractivity contribution < 1.29 is 9.59 Å². The fraction of sp³-hybridized carbons (Fsp3) is 0.464. The number of hydrogen-bond acceptors (Lipinski definition) is 6. The molecule has 2 N–H and O–H groups in total. The molecule has 2 aliphatic rings. The maximum absolute atomic E-state index is 13.5. The number of hydrogen-bond donors (Lipinski definition) is 2. The Morgan fingerprint density at radius 3 is 2.76 bits per heavy atom. The van der Waals surface area contributed by atoms with Gasteiger partial charge in [0.15, 0.2) is 0 Å². The van der Waals surface area contributed by atoms with E-state index in [0.29, 0.717) is 35.6 Å². The Balaban J connectivity index is 1.25. The second-order valence-corrected chi connectivity index (χ2v) is 11.2. The van der Waals surface area contributed by atoms with Crippen molar-refractivity contribution >= 4 is 39.3 Å².